The molecule has 2 unspecified atom stereocenters. The number of aromatic amines is 1. The molecule has 186 valence electrons. The maximum atomic E-state index is 12.7. The van der Waals surface area contributed by atoms with Crippen LogP contribution >= 0.6 is 35.3 Å². The van der Waals surface area contributed by atoms with Crippen LogP contribution in [0.25, 0.3) is 0 Å². The van der Waals surface area contributed by atoms with Gasteiger partial charge < -0.3 is 16.2 Å². The fraction of sp³-hybridized carbons (Fsp3) is 0.562. The Hall–Kier alpha value is -2.47. The number of carboxylic acids is 1. The van der Waals surface area contributed by atoms with Crippen LogP contribution in [-0.2, 0) is 19.2 Å². The fourth-order valence-corrected chi connectivity index (χ4v) is 6.31. The molecule has 2 aliphatic heterocycles. The first-order chi connectivity index (χ1) is 16.0. The Morgan fingerprint density at radius 1 is 1.38 bits per heavy atom. The number of H-pyrrole nitrogens is 1. The van der Waals surface area contributed by atoms with Crippen LogP contribution in [-0.4, -0.2) is 88.0 Å². The molecule has 0 aromatic carbocycles. The minimum Gasteiger partial charge on any atom is -0.477 e. The maximum absolute atomic E-state index is 12.7. The van der Waals surface area contributed by atoms with Crippen LogP contribution in [0.3, 0.4) is 0 Å². The summed E-state index contributed by atoms with van der Waals surface area (Å²) in [7, 11) is 0. The van der Waals surface area contributed by atoms with Crippen LogP contribution < -0.4 is 11.1 Å². The van der Waals surface area contributed by atoms with Gasteiger partial charge >= 0.3 is 11.5 Å². The SMILES string of the molecule is NC(=O)CCCC(Sc1nn[nH]n1)C1=C(C(=O)O)N2C(=O)C(NC(=O)CSC(F)(F)F)[C@@H]2SC1. The minimum absolute atomic E-state index is 0.0709. The van der Waals surface area contributed by atoms with E-state index in [1.54, 1.807) is 0 Å². The average molecular weight is 542 g/mol. The zero-order valence-electron chi connectivity index (χ0n) is 17.1. The van der Waals surface area contributed by atoms with Crippen LogP contribution in [0, 0.1) is 0 Å². The summed E-state index contributed by atoms with van der Waals surface area (Å²) in [6.07, 6.45) is 0.747. The average Bonchev–Trinajstić information content (AvgIpc) is 3.26. The van der Waals surface area contributed by atoms with Crippen LogP contribution in [0.2, 0.25) is 0 Å². The third-order valence-corrected chi connectivity index (χ3v) is 7.96. The van der Waals surface area contributed by atoms with E-state index in [4.69, 9.17) is 5.73 Å². The first-order valence-electron chi connectivity index (χ1n) is 9.57. The maximum Gasteiger partial charge on any atom is 0.442 e. The number of alkyl halides is 3. The molecule has 3 amide bonds. The van der Waals surface area contributed by atoms with Crippen LogP contribution in [0.5, 0.6) is 0 Å². The van der Waals surface area contributed by atoms with E-state index in [-0.39, 0.29) is 23.0 Å². The molecule has 3 heterocycles. The number of tetrazole rings is 1. The zero-order valence-corrected chi connectivity index (χ0v) is 19.5. The van der Waals surface area contributed by atoms with Gasteiger partial charge in [0.2, 0.25) is 17.0 Å². The second kappa shape index (κ2) is 10.9. The summed E-state index contributed by atoms with van der Waals surface area (Å²) in [6, 6.07) is -1.14. The number of rotatable bonds is 11. The second-order valence-corrected chi connectivity index (χ2v) is 10.3. The molecule has 12 nitrogen and oxygen atoms in total. The van der Waals surface area contributed by atoms with Crippen molar-refractivity contribution in [1.29, 1.82) is 0 Å². The monoisotopic (exact) mass is 541 g/mol. The smallest absolute Gasteiger partial charge is 0.442 e. The zero-order chi connectivity index (χ0) is 25.0. The van der Waals surface area contributed by atoms with Crippen molar-refractivity contribution in [3.63, 3.8) is 0 Å². The van der Waals surface area contributed by atoms with E-state index in [0.717, 1.165) is 16.7 Å². The molecular formula is C16H18F3N7O5S3. The molecule has 0 spiro atoms. The number of aliphatic carboxylic acids is 1. The number of aromatic nitrogens is 4. The van der Waals surface area contributed by atoms with Gasteiger partial charge in [0.15, 0.2) is 0 Å². The van der Waals surface area contributed by atoms with Crippen LogP contribution in [0.1, 0.15) is 19.3 Å². The number of amides is 3. The highest BCUT2D eigenvalue weighted by atomic mass is 32.2. The number of thioether (sulfide) groups is 3. The Labute approximate surface area is 202 Å². The molecule has 34 heavy (non-hydrogen) atoms. The van der Waals surface area contributed by atoms with Crippen molar-refractivity contribution in [1.82, 2.24) is 30.8 Å². The predicted octanol–water partition coefficient (Wildman–Crippen LogP) is 0.308. The molecular weight excluding hydrogens is 523 g/mol. The summed E-state index contributed by atoms with van der Waals surface area (Å²) >= 11 is 1.74. The van der Waals surface area contributed by atoms with Gasteiger partial charge in [-0.05, 0) is 35.4 Å². The van der Waals surface area contributed by atoms with E-state index in [0.29, 0.717) is 18.4 Å². The quantitative estimate of drug-likeness (QED) is 0.223. The van der Waals surface area contributed by atoms with Crippen molar-refractivity contribution < 1.29 is 37.5 Å². The van der Waals surface area contributed by atoms with Crippen LogP contribution in [0.15, 0.2) is 16.4 Å². The summed E-state index contributed by atoms with van der Waals surface area (Å²) in [5.41, 5.74) is 0.707. The number of fused-ring (bicyclic) bond motifs is 1. The van der Waals surface area contributed by atoms with Gasteiger partial charge in [-0.3, -0.25) is 19.3 Å². The molecule has 1 aromatic heterocycles. The van der Waals surface area contributed by atoms with Crippen molar-refractivity contribution in [2.45, 2.75) is 46.6 Å². The lowest BCUT2D eigenvalue weighted by Gasteiger charge is -2.50. The molecule has 1 fully saturated rings. The number of nitrogens with two attached hydrogens (primary N) is 1. The fourth-order valence-electron chi connectivity index (χ4n) is 3.35. The van der Waals surface area contributed by atoms with E-state index in [2.05, 4.69) is 25.9 Å². The van der Waals surface area contributed by atoms with Gasteiger partial charge in [0.1, 0.15) is 17.1 Å². The first-order valence-corrected chi connectivity index (χ1v) is 12.5. The first kappa shape index (κ1) is 26.1. The number of carbonyl (C=O) groups excluding carboxylic acids is 3. The second-order valence-electron chi connectivity index (χ2n) is 7.03. The van der Waals surface area contributed by atoms with Gasteiger partial charge in [0.25, 0.3) is 5.91 Å². The molecule has 0 saturated carbocycles. The van der Waals surface area contributed by atoms with Gasteiger partial charge in [-0.1, -0.05) is 11.8 Å². The number of carbonyl (C=O) groups is 4. The minimum atomic E-state index is -4.60. The predicted molar refractivity (Wildman–Crippen MR) is 115 cm³/mol. The normalized spacial score (nSPS) is 21.0. The highest BCUT2D eigenvalue weighted by molar-refractivity contribution is 8.01. The molecule has 18 heteroatoms. The summed E-state index contributed by atoms with van der Waals surface area (Å²) < 4.78 is 36.9. The Bertz CT molecular complexity index is 991. The van der Waals surface area contributed by atoms with Crippen molar-refractivity contribution in [2.75, 3.05) is 11.5 Å². The van der Waals surface area contributed by atoms with Crippen molar-refractivity contribution in [2.24, 2.45) is 5.73 Å². The Morgan fingerprint density at radius 3 is 2.71 bits per heavy atom. The van der Waals surface area contributed by atoms with E-state index >= 15 is 0 Å². The summed E-state index contributed by atoms with van der Waals surface area (Å²) in [6.45, 7) is 0. The Morgan fingerprint density at radius 2 is 2.12 bits per heavy atom. The number of hydrogen-bond acceptors (Lipinski definition) is 10. The highest BCUT2D eigenvalue weighted by Gasteiger charge is 2.54. The standard InChI is InChI=1S/C16H18F3N7O5S3/c17-16(18,19)33-5-9(28)21-10-12(29)26-11(14(30)31)6(4-32-13(10)26)7(2-1-3-8(20)27)34-15-22-24-25-23-15/h7,10,13H,1-5H2,(H2,20,27)(H,21,28)(H,30,31)(H,22,23,24,25)/t7?,10?,13-/m0/s1. The van der Waals surface area contributed by atoms with Gasteiger partial charge in [-0.25, -0.2) is 4.79 Å². The molecule has 0 bridgehead atoms. The number of nitrogens with one attached hydrogen (secondary N) is 2. The number of carboxylic acid groups (broad SMARTS) is 1. The van der Waals surface area contributed by atoms with Crippen molar-refractivity contribution in [3.8, 4) is 0 Å². The Balaban J connectivity index is 1.78. The molecule has 1 aromatic rings. The summed E-state index contributed by atoms with van der Waals surface area (Å²) in [5, 5.41) is 24.5. The number of β-lactam (4-membered cyclic amide) rings is 1. The number of primary amides is 1. The van der Waals surface area contributed by atoms with E-state index in [1.807, 2.05) is 0 Å². The molecule has 3 atom stereocenters. The lowest BCUT2D eigenvalue weighted by molar-refractivity contribution is -0.150. The molecule has 3 rings (SSSR count). The lowest BCUT2D eigenvalue weighted by atomic mass is 9.99. The summed E-state index contributed by atoms with van der Waals surface area (Å²) in [5.74, 6) is -4.37. The number of nitrogens with zero attached hydrogens (tertiary/aromatic N) is 4. The van der Waals surface area contributed by atoms with Gasteiger partial charge in [0, 0.05) is 17.4 Å². The molecule has 1 saturated heterocycles. The topological polar surface area (TPSA) is 184 Å². The van der Waals surface area contributed by atoms with Crippen molar-refractivity contribution in [3.05, 3.63) is 11.3 Å². The van der Waals surface area contributed by atoms with E-state index in [9.17, 15) is 37.5 Å². The number of halogens is 3. The van der Waals surface area contributed by atoms with Gasteiger partial charge in [0.05, 0.1) is 5.75 Å². The Kier molecular flexibility index (Phi) is 8.34. The van der Waals surface area contributed by atoms with Gasteiger partial charge in [-0.15, -0.1) is 22.0 Å². The number of hydrogen-bond donors (Lipinski definition) is 4. The molecule has 0 radical (unpaired) electrons. The van der Waals surface area contributed by atoms with E-state index in [1.165, 1.54) is 11.8 Å². The molecule has 2 aliphatic rings. The third-order valence-electron chi connectivity index (χ3n) is 4.74. The van der Waals surface area contributed by atoms with Crippen molar-refractivity contribution >= 4 is 59.0 Å². The van der Waals surface area contributed by atoms with Crippen LogP contribution in [0.4, 0.5) is 13.2 Å². The lowest BCUT2D eigenvalue weighted by Crippen LogP contribution is -2.71. The largest absolute Gasteiger partial charge is 0.477 e. The summed E-state index contributed by atoms with van der Waals surface area (Å²) in [4.78, 5) is 48.8. The third kappa shape index (κ3) is 6.35. The van der Waals surface area contributed by atoms with Gasteiger partial charge in [-0.2, -0.15) is 18.4 Å². The highest BCUT2D eigenvalue weighted by Crippen LogP contribution is 2.44. The van der Waals surface area contributed by atoms with E-state index < -0.39 is 63.4 Å². The molecule has 0 aliphatic carbocycles. The molecule has 5 N–H and O–H groups in total.